The molecule has 5 heteroatoms. The highest BCUT2D eigenvalue weighted by atomic mass is 16.6. The van der Waals surface area contributed by atoms with Crippen LogP contribution in [0.25, 0.3) is 0 Å². The first-order valence-corrected chi connectivity index (χ1v) is 7.01. The molecule has 2 aliphatic carbocycles. The van der Waals surface area contributed by atoms with Gasteiger partial charge in [0.2, 0.25) is 5.82 Å². The van der Waals surface area contributed by atoms with Crippen LogP contribution < -0.4 is 5.32 Å². The molecule has 1 N–H and O–H groups in total. The zero-order valence-corrected chi connectivity index (χ0v) is 11.1. The molecule has 0 aromatic carbocycles. The predicted molar refractivity (Wildman–Crippen MR) is 73.1 cm³/mol. The van der Waals surface area contributed by atoms with Crippen molar-refractivity contribution in [2.45, 2.75) is 32.6 Å². The van der Waals surface area contributed by atoms with E-state index in [0.29, 0.717) is 11.7 Å². The van der Waals surface area contributed by atoms with E-state index in [1.54, 1.807) is 6.07 Å². The highest BCUT2D eigenvalue weighted by molar-refractivity contribution is 5.56. The summed E-state index contributed by atoms with van der Waals surface area (Å²) in [6.45, 7) is 2.68. The van der Waals surface area contributed by atoms with E-state index in [1.807, 2.05) is 6.92 Å². The minimum absolute atomic E-state index is 0.0796. The van der Waals surface area contributed by atoms with Gasteiger partial charge in [-0.25, -0.2) is 4.98 Å². The number of anilines is 1. The molecule has 0 bridgehead atoms. The van der Waals surface area contributed by atoms with Crippen LogP contribution in [0, 0.1) is 34.8 Å². The summed E-state index contributed by atoms with van der Waals surface area (Å²) in [5.74, 6) is 2.78. The number of hydrogen-bond donors (Lipinski definition) is 1. The van der Waals surface area contributed by atoms with Crippen LogP contribution in [-0.4, -0.2) is 16.5 Å². The smallest absolute Gasteiger partial charge is 0.311 e. The second kappa shape index (κ2) is 4.79. The first-order chi connectivity index (χ1) is 9.15. The van der Waals surface area contributed by atoms with E-state index in [-0.39, 0.29) is 10.6 Å². The van der Waals surface area contributed by atoms with Crippen LogP contribution in [-0.2, 0) is 0 Å². The molecule has 0 spiro atoms. The van der Waals surface area contributed by atoms with Crippen LogP contribution in [0.5, 0.6) is 0 Å². The standard InChI is InChI=1S/C14H19N3O2/c1-9-2-7-13(17(18)19)14(16-9)15-8-12(10-3-4-10)11-5-6-11/h2,7,10-12H,3-6,8H2,1H3,(H,15,16). The summed E-state index contributed by atoms with van der Waals surface area (Å²) in [5.41, 5.74) is 0.887. The van der Waals surface area contributed by atoms with Crippen LogP contribution in [0.15, 0.2) is 12.1 Å². The monoisotopic (exact) mass is 261 g/mol. The Morgan fingerprint density at radius 3 is 2.53 bits per heavy atom. The summed E-state index contributed by atoms with van der Waals surface area (Å²) in [6.07, 6.45) is 5.30. The van der Waals surface area contributed by atoms with Gasteiger partial charge >= 0.3 is 5.69 Å². The maximum Gasteiger partial charge on any atom is 0.311 e. The number of nitrogens with one attached hydrogen (secondary N) is 1. The van der Waals surface area contributed by atoms with Gasteiger partial charge in [0.15, 0.2) is 0 Å². The number of aryl methyl sites for hydroxylation is 1. The van der Waals surface area contributed by atoms with Crippen molar-refractivity contribution in [2.75, 3.05) is 11.9 Å². The Morgan fingerprint density at radius 2 is 2.00 bits per heavy atom. The second-order valence-electron chi connectivity index (χ2n) is 5.80. The first-order valence-electron chi connectivity index (χ1n) is 7.01. The lowest BCUT2D eigenvalue weighted by Crippen LogP contribution is -2.19. The SMILES string of the molecule is Cc1ccc([N+](=O)[O-])c(NCC(C2CC2)C2CC2)n1. The number of rotatable bonds is 6. The van der Waals surface area contributed by atoms with E-state index in [1.165, 1.54) is 31.7 Å². The van der Waals surface area contributed by atoms with Crippen LogP contribution in [0.3, 0.4) is 0 Å². The Morgan fingerprint density at radius 1 is 1.37 bits per heavy atom. The fourth-order valence-electron chi connectivity index (χ4n) is 2.81. The summed E-state index contributed by atoms with van der Waals surface area (Å²) in [6, 6.07) is 3.22. The molecule has 102 valence electrons. The van der Waals surface area contributed by atoms with Crippen molar-refractivity contribution in [3.63, 3.8) is 0 Å². The topological polar surface area (TPSA) is 68.1 Å². The molecule has 1 aromatic heterocycles. The molecule has 5 nitrogen and oxygen atoms in total. The predicted octanol–water partition coefficient (Wildman–Crippen LogP) is 3.15. The molecule has 3 rings (SSSR count). The van der Waals surface area contributed by atoms with Crippen LogP contribution in [0.2, 0.25) is 0 Å². The van der Waals surface area contributed by atoms with E-state index in [2.05, 4.69) is 10.3 Å². The molecule has 0 saturated heterocycles. The van der Waals surface area contributed by atoms with E-state index in [4.69, 9.17) is 0 Å². The summed E-state index contributed by atoms with van der Waals surface area (Å²) >= 11 is 0. The Labute approximate surface area is 112 Å². The van der Waals surface area contributed by atoms with Crippen molar-refractivity contribution in [1.29, 1.82) is 0 Å². The van der Waals surface area contributed by atoms with E-state index >= 15 is 0 Å². The summed E-state index contributed by atoms with van der Waals surface area (Å²) in [7, 11) is 0. The van der Waals surface area contributed by atoms with Crippen molar-refractivity contribution in [1.82, 2.24) is 4.98 Å². The van der Waals surface area contributed by atoms with Gasteiger partial charge in [-0.15, -0.1) is 0 Å². The van der Waals surface area contributed by atoms with E-state index in [9.17, 15) is 10.1 Å². The van der Waals surface area contributed by atoms with E-state index < -0.39 is 0 Å². The van der Waals surface area contributed by atoms with Crippen LogP contribution >= 0.6 is 0 Å². The molecule has 0 atom stereocenters. The lowest BCUT2D eigenvalue weighted by molar-refractivity contribution is -0.384. The fraction of sp³-hybridized carbons (Fsp3) is 0.643. The zero-order chi connectivity index (χ0) is 13.4. The Kier molecular flexibility index (Phi) is 3.12. The van der Waals surface area contributed by atoms with Crippen molar-refractivity contribution >= 4 is 11.5 Å². The Balaban J connectivity index is 1.71. The molecule has 0 aliphatic heterocycles. The third kappa shape index (κ3) is 2.85. The van der Waals surface area contributed by atoms with Gasteiger partial charge in [0.25, 0.3) is 0 Å². The van der Waals surface area contributed by atoms with Gasteiger partial charge in [-0.05, 0) is 56.4 Å². The maximum absolute atomic E-state index is 11.0. The molecule has 2 fully saturated rings. The quantitative estimate of drug-likeness (QED) is 0.631. The van der Waals surface area contributed by atoms with Crippen LogP contribution in [0.4, 0.5) is 11.5 Å². The van der Waals surface area contributed by atoms with Gasteiger partial charge in [-0.2, -0.15) is 0 Å². The molecule has 19 heavy (non-hydrogen) atoms. The highest BCUT2D eigenvalue weighted by Crippen LogP contribution is 2.49. The van der Waals surface area contributed by atoms with Gasteiger partial charge in [0, 0.05) is 18.3 Å². The number of aromatic nitrogens is 1. The average molecular weight is 261 g/mol. The summed E-state index contributed by atoms with van der Waals surface area (Å²) < 4.78 is 0. The molecule has 2 aliphatic rings. The third-order valence-corrected chi connectivity index (χ3v) is 4.17. The molecule has 1 aromatic rings. The van der Waals surface area contributed by atoms with Crippen molar-refractivity contribution in [3.05, 3.63) is 27.9 Å². The van der Waals surface area contributed by atoms with Gasteiger partial charge in [-0.3, -0.25) is 10.1 Å². The van der Waals surface area contributed by atoms with Crippen LogP contribution in [0.1, 0.15) is 31.4 Å². The molecular formula is C14H19N3O2. The first kappa shape index (κ1) is 12.4. The fourth-order valence-corrected chi connectivity index (χ4v) is 2.81. The van der Waals surface area contributed by atoms with Gasteiger partial charge in [0.1, 0.15) is 0 Å². The molecular weight excluding hydrogens is 242 g/mol. The molecule has 0 radical (unpaired) electrons. The minimum atomic E-state index is -0.363. The van der Waals surface area contributed by atoms with Gasteiger partial charge in [-0.1, -0.05) is 0 Å². The van der Waals surface area contributed by atoms with Crippen molar-refractivity contribution < 1.29 is 4.92 Å². The average Bonchev–Trinajstić information content (AvgIpc) is 3.24. The van der Waals surface area contributed by atoms with Gasteiger partial charge in [0.05, 0.1) is 4.92 Å². The second-order valence-corrected chi connectivity index (χ2v) is 5.80. The van der Waals surface area contributed by atoms with Crippen molar-refractivity contribution in [2.24, 2.45) is 17.8 Å². The lowest BCUT2D eigenvalue weighted by Gasteiger charge is -2.16. The highest BCUT2D eigenvalue weighted by Gasteiger charge is 2.41. The summed E-state index contributed by atoms with van der Waals surface area (Å²) in [4.78, 5) is 14.9. The Bertz CT molecular complexity index is 483. The van der Waals surface area contributed by atoms with E-state index in [0.717, 1.165) is 24.1 Å². The summed E-state index contributed by atoms with van der Waals surface area (Å²) in [5, 5.41) is 14.2. The molecule has 0 amide bonds. The van der Waals surface area contributed by atoms with Gasteiger partial charge < -0.3 is 5.32 Å². The maximum atomic E-state index is 11.0. The zero-order valence-electron chi connectivity index (χ0n) is 11.1. The number of nitro groups is 1. The number of pyridine rings is 1. The molecule has 2 saturated carbocycles. The number of nitrogens with zero attached hydrogens (tertiary/aromatic N) is 2. The minimum Gasteiger partial charge on any atom is -0.364 e. The lowest BCUT2D eigenvalue weighted by atomic mass is 9.98. The number of hydrogen-bond acceptors (Lipinski definition) is 4. The normalized spacial score (nSPS) is 18.6. The van der Waals surface area contributed by atoms with Crippen molar-refractivity contribution in [3.8, 4) is 0 Å². The Hall–Kier alpha value is -1.65. The largest absolute Gasteiger partial charge is 0.364 e. The third-order valence-electron chi connectivity index (χ3n) is 4.17. The molecule has 1 heterocycles. The molecule has 0 unspecified atom stereocenters.